The molecule has 1 saturated heterocycles. The summed E-state index contributed by atoms with van der Waals surface area (Å²) in [5.41, 5.74) is -0.649. The molecule has 0 radical (unpaired) electrons. The minimum absolute atomic E-state index is 0.455. The predicted molar refractivity (Wildman–Crippen MR) is 59.0 cm³/mol. The van der Waals surface area contributed by atoms with Crippen LogP contribution in [0.2, 0.25) is 0 Å². The Morgan fingerprint density at radius 2 is 2.33 bits per heavy atom. The third kappa shape index (κ3) is 5.47. The molecular formula is C11H23NO3. The summed E-state index contributed by atoms with van der Waals surface area (Å²) in [7, 11) is 0. The van der Waals surface area contributed by atoms with Gasteiger partial charge in [0.25, 0.3) is 0 Å². The lowest BCUT2D eigenvalue weighted by molar-refractivity contribution is 0.0251. The summed E-state index contributed by atoms with van der Waals surface area (Å²) in [5, 5.41) is 13.1. The number of hydrogen-bond donors (Lipinski definition) is 2. The highest BCUT2D eigenvalue weighted by molar-refractivity contribution is 4.84. The monoisotopic (exact) mass is 217 g/mol. The molecule has 1 fully saturated rings. The van der Waals surface area contributed by atoms with Gasteiger partial charge in [0, 0.05) is 32.7 Å². The highest BCUT2D eigenvalue weighted by Crippen LogP contribution is 2.16. The highest BCUT2D eigenvalue weighted by Gasteiger charge is 2.31. The average Bonchev–Trinajstić information content (AvgIpc) is 2.64. The third-order valence-electron chi connectivity index (χ3n) is 2.60. The predicted octanol–water partition coefficient (Wildman–Crippen LogP) is 0.544. The molecule has 1 heterocycles. The Hall–Kier alpha value is -0.160. The third-order valence-corrected chi connectivity index (χ3v) is 2.60. The van der Waals surface area contributed by atoms with Crippen LogP contribution in [0.5, 0.6) is 0 Å². The quantitative estimate of drug-likeness (QED) is 0.583. The fraction of sp³-hybridized carbons (Fsp3) is 1.00. The lowest BCUT2D eigenvalue weighted by Gasteiger charge is -2.20. The molecule has 0 aromatic carbocycles. The van der Waals surface area contributed by atoms with E-state index < -0.39 is 5.60 Å². The number of nitrogens with one attached hydrogen (secondary N) is 1. The Bertz CT molecular complexity index is 158. The van der Waals surface area contributed by atoms with E-state index in [0.717, 1.165) is 32.6 Å². The first-order chi connectivity index (χ1) is 7.27. The summed E-state index contributed by atoms with van der Waals surface area (Å²) in [5.74, 6) is 0. The van der Waals surface area contributed by atoms with Crippen LogP contribution in [0.25, 0.3) is 0 Å². The molecule has 1 aliphatic rings. The molecule has 15 heavy (non-hydrogen) atoms. The zero-order valence-corrected chi connectivity index (χ0v) is 9.63. The molecule has 4 heteroatoms. The average molecular weight is 217 g/mol. The van der Waals surface area contributed by atoms with E-state index in [4.69, 9.17) is 9.47 Å². The van der Waals surface area contributed by atoms with Gasteiger partial charge in [0.15, 0.2) is 0 Å². The van der Waals surface area contributed by atoms with Crippen LogP contribution in [-0.2, 0) is 9.47 Å². The van der Waals surface area contributed by atoms with Crippen LogP contribution in [0.3, 0.4) is 0 Å². The molecule has 1 atom stereocenters. The van der Waals surface area contributed by atoms with Crippen LogP contribution >= 0.6 is 0 Å². The van der Waals surface area contributed by atoms with Gasteiger partial charge in [-0.2, -0.15) is 0 Å². The van der Waals surface area contributed by atoms with Crippen molar-refractivity contribution in [2.24, 2.45) is 0 Å². The van der Waals surface area contributed by atoms with Gasteiger partial charge in [0.2, 0.25) is 0 Å². The number of aliphatic hydroxyl groups is 1. The minimum atomic E-state index is -0.649. The van der Waals surface area contributed by atoms with Gasteiger partial charge in [-0.1, -0.05) is 13.3 Å². The van der Waals surface area contributed by atoms with Gasteiger partial charge in [-0.3, -0.25) is 0 Å². The van der Waals surface area contributed by atoms with Gasteiger partial charge in [-0.25, -0.2) is 0 Å². The van der Waals surface area contributed by atoms with Gasteiger partial charge in [-0.05, 0) is 6.42 Å². The molecule has 0 aromatic rings. The second-order valence-corrected chi connectivity index (χ2v) is 4.17. The molecule has 2 N–H and O–H groups in total. The maximum absolute atomic E-state index is 9.90. The topological polar surface area (TPSA) is 50.7 Å². The van der Waals surface area contributed by atoms with Crippen molar-refractivity contribution < 1.29 is 14.6 Å². The van der Waals surface area contributed by atoms with E-state index in [1.807, 2.05) is 0 Å². The Morgan fingerprint density at radius 1 is 1.47 bits per heavy atom. The molecule has 0 aliphatic carbocycles. The zero-order chi connectivity index (χ0) is 11.0. The van der Waals surface area contributed by atoms with E-state index in [2.05, 4.69) is 12.2 Å². The van der Waals surface area contributed by atoms with Crippen molar-refractivity contribution in [3.63, 3.8) is 0 Å². The molecule has 0 saturated carbocycles. The largest absolute Gasteiger partial charge is 0.386 e. The van der Waals surface area contributed by atoms with Gasteiger partial charge < -0.3 is 19.9 Å². The van der Waals surface area contributed by atoms with E-state index >= 15 is 0 Å². The van der Waals surface area contributed by atoms with E-state index in [0.29, 0.717) is 19.8 Å². The maximum atomic E-state index is 9.90. The van der Waals surface area contributed by atoms with Crippen molar-refractivity contribution in [3.05, 3.63) is 0 Å². The maximum Gasteiger partial charge on any atom is 0.102 e. The van der Waals surface area contributed by atoms with Crippen molar-refractivity contribution in [1.82, 2.24) is 5.32 Å². The van der Waals surface area contributed by atoms with Crippen LogP contribution in [-0.4, -0.2) is 50.2 Å². The first kappa shape index (κ1) is 12.9. The van der Waals surface area contributed by atoms with Crippen LogP contribution in [0.4, 0.5) is 0 Å². The molecule has 0 spiro atoms. The second-order valence-electron chi connectivity index (χ2n) is 4.17. The Kier molecular flexibility index (Phi) is 6.17. The standard InChI is InChI=1S/C11H23NO3/c1-2-3-6-14-8-5-12-9-11(13)4-7-15-10-11/h12-13H,2-10H2,1H3. The van der Waals surface area contributed by atoms with Gasteiger partial charge >= 0.3 is 0 Å². The normalized spacial score (nSPS) is 26.0. The first-order valence-electron chi connectivity index (χ1n) is 5.85. The Labute approximate surface area is 92.0 Å². The van der Waals surface area contributed by atoms with E-state index in [1.54, 1.807) is 0 Å². The Morgan fingerprint density at radius 3 is 3.00 bits per heavy atom. The number of hydrogen-bond acceptors (Lipinski definition) is 4. The molecule has 0 aromatic heterocycles. The van der Waals surface area contributed by atoms with E-state index in [1.165, 1.54) is 6.42 Å². The first-order valence-corrected chi connectivity index (χ1v) is 5.85. The fourth-order valence-electron chi connectivity index (χ4n) is 1.55. The van der Waals surface area contributed by atoms with Crippen LogP contribution in [0.1, 0.15) is 26.2 Å². The Balaban J connectivity index is 1.88. The van der Waals surface area contributed by atoms with E-state index in [9.17, 15) is 5.11 Å². The summed E-state index contributed by atoms with van der Waals surface area (Å²) in [6, 6.07) is 0. The summed E-state index contributed by atoms with van der Waals surface area (Å²) in [6.07, 6.45) is 3.03. The molecule has 1 unspecified atom stereocenters. The highest BCUT2D eigenvalue weighted by atomic mass is 16.5. The lowest BCUT2D eigenvalue weighted by atomic mass is 10.0. The number of rotatable bonds is 8. The molecule has 90 valence electrons. The van der Waals surface area contributed by atoms with Gasteiger partial charge in [0.1, 0.15) is 5.60 Å². The van der Waals surface area contributed by atoms with Crippen molar-refractivity contribution in [2.75, 3.05) is 39.5 Å². The smallest absolute Gasteiger partial charge is 0.102 e. The SMILES string of the molecule is CCCCOCCNCC1(O)CCOC1. The second kappa shape index (κ2) is 7.17. The molecule has 1 rings (SSSR count). The van der Waals surface area contributed by atoms with Crippen LogP contribution in [0.15, 0.2) is 0 Å². The minimum Gasteiger partial charge on any atom is -0.386 e. The molecule has 4 nitrogen and oxygen atoms in total. The number of unbranched alkanes of at least 4 members (excludes halogenated alkanes) is 1. The van der Waals surface area contributed by atoms with Crippen molar-refractivity contribution in [2.45, 2.75) is 31.8 Å². The number of ether oxygens (including phenoxy) is 2. The van der Waals surface area contributed by atoms with Crippen molar-refractivity contribution in [1.29, 1.82) is 0 Å². The molecule has 0 amide bonds. The van der Waals surface area contributed by atoms with Gasteiger partial charge in [-0.15, -0.1) is 0 Å². The van der Waals surface area contributed by atoms with E-state index in [-0.39, 0.29) is 0 Å². The molecular weight excluding hydrogens is 194 g/mol. The van der Waals surface area contributed by atoms with Crippen molar-refractivity contribution >= 4 is 0 Å². The summed E-state index contributed by atoms with van der Waals surface area (Å²) in [4.78, 5) is 0. The summed E-state index contributed by atoms with van der Waals surface area (Å²) >= 11 is 0. The summed E-state index contributed by atoms with van der Waals surface area (Å²) in [6.45, 7) is 6.23. The van der Waals surface area contributed by atoms with Crippen molar-refractivity contribution in [3.8, 4) is 0 Å². The van der Waals surface area contributed by atoms with Crippen LogP contribution < -0.4 is 5.32 Å². The van der Waals surface area contributed by atoms with Gasteiger partial charge in [0.05, 0.1) is 13.2 Å². The van der Waals surface area contributed by atoms with Crippen LogP contribution in [0, 0.1) is 0 Å². The lowest BCUT2D eigenvalue weighted by Crippen LogP contribution is -2.42. The zero-order valence-electron chi connectivity index (χ0n) is 9.63. The molecule has 0 bridgehead atoms. The molecule has 1 aliphatic heterocycles. The fourth-order valence-corrected chi connectivity index (χ4v) is 1.55. The summed E-state index contributed by atoms with van der Waals surface area (Å²) < 4.78 is 10.5.